The Morgan fingerprint density at radius 1 is 1.82 bits per heavy atom. The summed E-state index contributed by atoms with van der Waals surface area (Å²) >= 11 is 4.86. The van der Waals surface area contributed by atoms with E-state index in [1.54, 1.807) is 18.5 Å². The number of aliphatic hydroxyl groups is 1. The third-order valence-electron chi connectivity index (χ3n) is 1.16. The highest BCUT2D eigenvalue weighted by Crippen LogP contribution is 2.03. The molecule has 0 aliphatic heterocycles. The minimum Gasteiger partial charge on any atom is -0.389 e. The van der Waals surface area contributed by atoms with Crippen LogP contribution in [-0.2, 0) is 6.54 Å². The van der Waals surface area contributed by atoms with Crippen molar-refractivity contribution >= 4 is 12.2 Å². The summed E-state index contributed by atoms with van der Waals surface area (Å²) in [7, 11) is 0. The van der Waals surface area contributed by atoms with Gasteiger partial charge in [-0.05, 0) is 26.1 Å². The second-order valence-corrected chi connectivity index (χ2v) is 3.43. The fourth-order valence-electron chi connectivity index (χ4n) is 0.779. The molecular formula is C6H11N3OS. The summed E-state index contributed by atoms with van der Waals surface area (Å²) < 4.78 is 2.09. The fraction of sp³-hybridized carbons (Fsp3) is 0.667. The standard InChI is InChI=1S/C6H11N3OS/c1-6(2,10)3-9-5(11)7-4-8-9/h4,10H,3H2,1-2H3,(H,7,8,11). The van der Waals surface area contributed by atoms with Gasteiger partial charge in [-0.1, -0.05) is 0 Å². The molecule has 0 aliphatic carbocycles. The number of nitrogens with one attached hydrogen (secondary N) is 1. The van der Waals surface area contributed by atoms with E-state index >= 15 is 0 Å². The van der Waals surface area contributed by atoms with Crippen LogP contribution in [0.25, 0.3) is 0 Å². The zero-order valence-corrected chi connectivity index (χ0v) is 7.35. The average molecular weight is 173 g/mol. The first-order chi connectivity index (χ1) is 4.99. The van der Waals surface area contributed by atoms with E-state index in [0.717, 1.165) is 0 Å². The highest BCUT2D eigenvalue weighted by atomic mass is 32.1. The van der Waals surface area contributed by atoms with Crippen LogP contribution < -0.4 is 0 Å². The van der Waals surface area contributed by atoms with Gasteiger partial charge in [0.2, 0.25) is 4.77 Å². The van der Waals surface area contributed by atoms with Crippen LogP contribution in [0.5, 0.6) is 0 Å². The Labute approximate surface area is 69.9 Å². The maximum atomic E-state index is 9.40. The number of aromatic nitrogens is 3. The van der Waals surface area contributed by atoms with E-state index in [4.69, 9.17) is 12.2 Å². The van der Waals surface area contributed by atoms with E-state index in [1.165, 1.54) is 6.33 Å². The summed E-state index contributed by atoms with van der Waals surface area (Å²) in [4.78, 5) is 3.81. The lowest BCUT2D eigenvalue weighted by Crippen LogP contribution is -2.26. The lowest BCUT2D eigenvalue weighted by molar-refractivity contribution is 0.0572. The molecule has 0 fully saturated rings. The lowest BCUT2D eigenvalue weighted by Gasteiger charge is -2.16. The van der Waals surface area contributed by atoms with Crippen LogP contribution >= 0.6 is 12.2 Å². The first-order valence-corrected chi connectivity index (χ1v) is 3.72. The summed E-state index contributed by atoms with van der Waals surface area (Å²) in [6.07, 6.45) is 1.51. The van der Waals surface area contributed by atoms with Crippen molar-refractivity contribution < 1.29 is 5.11 Å². The van der Waals surface area contributed by atoms with Crippen LogP contribution in [-0.4, -0.2) is 25.5 Å². The van der Waals surface area contributed by atoms with Gasteiger partial charge < -0.3 is 5.11 Å². The SMILES string of the molecule is CC(C)(O)Cn1[nH]cnc1=S. The molecule has 1 rings (SSSR count). The Bertz CT molecular complexity index is 283. The summed E-state index contributed by atoms with van der Waals surface area (Å²) in [5.74, 6) is 0. The second-order valence-electron chi connectivity index (χ2n) is 3.07. The Hall–Kier alpha value is -0.680. The second kappa shape index (κ2) is 2.75. The molecule has 0 saturated heterocycles. The minimum atomic E-state index is -0.759. The number of hydrogen-bond acceptors (Lipinski definition) is 3. The van der Waals surface area contributed by atoms with Gasteiger partial charge in [-0.25, -0.2) is 4.98 Å². The first-order valence-electron chi connectivity index (χ1n) is 3.32. The van der Waals surface area contributed by atoms with Crippen molar-refractivity contribution in [1.29, 1.82) is 0 Å². The van der Waals surface area contributed by atoms with Crippen LogP contribution in [0.3, 0.4) is 0 Å². The fourth-order valence-corrected chi connectivity index (χ4v) is 0.949. The first kappa shape index (κ1) is 8.42. The smallest absolute Gasteiger partial charge is 0.215 e. The summed E-state index contributed by atoms with van der Waals surface area (Å²) in [5, 5.41) is 12.2. The van der Waals surface area contributed by atoms with Crippen molar-refractivity contribution in [2.45, 2.75) is 26.0 Å². The van der Waals surface area contributed by atoms with E-state index in [0.29, 0.717) is 11.3 Å². The zero-order chi connectivity index (χ0) is 8.48. The van der Waals surface area contributed by atoms with Crippen molar-refractivity contribution in [3.05, 3.63) is 11.1 Å². The molecule has 1 heterocycles. The van der Waals surface area contributed by atoms with Gasteiger partial charge in [0.15, 0.2) is 0 Å². The quantitative estimate of drug-likeness (QED) is 0.648. The predicted molar refractivity (Wildman–Crippen MR) is 43.7 cm³/mol. The molecule has 0 aromatic carbocycles. The Balaban J connectivity index is 2.80. The summed E-state index contributed by atoms with van der Waals surface area (Å²) in [5.41, 5.74) is -0.759. The van der Waals surface area contributed by atoms with Crippen molar-refractivity contribution in [3.8, 4) is 0 Å². The molecule has 1 aromatic rings. The number of nitrogens with zero attached hydrogens (tertiary/aromatic N) is 2. The molecular weight excluding hydrogens is 162 g/mol. The van der Waals surface area contributed by atoms with Gasteiger partial charge in [0.25, 0.3) is 0 Å². The third kappa shape index (κ3) is 2.44. The predicted octanol–water partition coefficient (Wildman–Crippen LogP) is 0.712. The monoisotopic (exact) mass is 173 g/mol. The molecule has 11 heavy (non-hydrogen) atoms. The van der Waals surface area contributed by atoms with Crippen LogP contribution in [0, 0.1) is 4.77 Å². The van der Waals surface area contributed by atoms with Crippen LogP contribution in [0.2, 0.25) is 0 Å². The highest BCUT2D eigenvalue weighted by Gasteiger charge is 2.13. The maximum Gasteiger partial charge on any atom is 0.215 e. The summed E-state index contributed by atoms with van der Waals surface area (Å²) in [6.45, 7) is 3.87. The van der Waals surface area contributed by atoms with E-state index in [2.05, 4.69) is 10.1 Å². The van der Waals surface area contributed by atoms with Gasteiger partial charge in [-0.15, -0.1) is 0 Å². The molecule has 62 valence electrons. The van der Waals surface area contributed by atoms with E-state index in [-0.39, 0.29) is 0 Å². The third-order valence-corrected chi connectivity index (χ3v) is 1.49. The molecule has 0 aliphatic rings. The van der Waals surface area contributed by atoms with Gasteiger partial charge >= 0.3 is 0 Å². The molecule has 1 aromatic heterocycles. The zero-order valence-electron chi connectivity index (χ0n) is 6.53. The highest BCUT2D eigenvalue weighted by molar-refractivity contribution is 7.71. The lowest BCUT2D eigenvalue weighted by atomic mass is 10.1. The van der Waals surface area contributed by atoms with Crippen LogP contribution in [0.1, 0.15) is 13.8 Å². The van der Waals surface area contributed by atoms with Gasteiger partial charge in [-0.2, -0.15) is 0 Å². The van der Waals surface area contributed by atoms with Gasteiger partial charge in [0.1, 0.15) is 6.33 Å². The Morgan fingerprint density at radius 3 is 2.82 bits per heavy atom. The maximum absolute atomic E-state index is 9.40. The molecule has 2 N–H and O–H groups in total. The van der Waals surface area contributed by atoms with E-state index in [1.807, 2.05) is 0 Å². The van der Waals surface area contributed by atoms with Crippen molar-refractivity contribution in [3.63, 3.8) is 0 Å². The normalized spacial score (nSPS) is 11.9. The van der Waals surface area contributed by atoms with E-state index in [9.17, 15) is 5.11 Å². The molecule has 0 bridgehead atoms. The molecule has 0 unspecified atom stereocenters. The number of H-pyrrole nitrogens is 1. The van der Waals surface area contributed by atoms with Crippen LogP contribution in [0.4, 0.5) is 0 Å². The van der Waals surface area contributed by atoms with E-state index < -0.39 is 5.60 Å². The minimum absolute atomic E-state index is 0.436. The topological polar surface area (TPSA) is 53.8 Å². The molecule has 4 nitrogen and oxygen atoms in total. The van der Waals surface area contributed by atoms with Crippen LogP contribution in [0.15, 0.2) is 6.33 Å². The van der Waals surface area contributed by atoms with Gasteiger partial charge in [0, 0.05) is 0 Å². The Morgan fingerprint density at radius 2 is 2.45 bits per heavy atom. The number of aromatic amines is 1. The number of hydrogen-bond donors (Lipinski definition) is 2. The summed E-state index contributed by atoms with van der Waals surface area (Å²) in [6, 6.07) is 0. The molecule has 0 saturated carbocycles. The molecule has 0 radical (unpaired) electrons. The van der Waals surface area contributed by atoms with Crippen molar-refractivity contribution in [2.24, 2.45) is 0 Å². The van der Waals surface area contributed by atoms with Crippen molar-refractivity contribution in [1.82, 2.24) is 14.8 Å². The largest absolute Gasteiger partial charge is 0.389 e. The molecule has 0 spiro atoms. The molecule has 5 heteroatoms. The molecule has 0 amide bonds. The average Bonchev–Trinajstić information content (AvgIpc) is 2.12. The van der Waals surface area contributed by atoms with Gasteiger partial charge in [-0.3, -0.25) is 9.78 Å². The number of rotatable bonds is 2. The molecule has 0 atom stereocenters. The Kier molecular flexibility index (Phi) is 2.10. The van der Waals surface area contributed by atoms with Crippen molar-refractivity contribution in [2.75, 3.05) is 0 Å². The van der Waals surface area contributed by atoms with Gasteiger partial charge in [0.05, 0.1) is 12.1 Å².